The molecule has 1 aromatic carbocycles. The number of allylic oxidation sites excluding steroid dienone is 2. The summed E-state index contributed by atoms with van der Waals surface area (Å²) in [6.45, 7) is 2.53. The Balaban J connectivity index is 1.90. The summed E-state index contributed by atoms with van der Waals surface area (Å²) in [5, 5.41) is 52.4. The Morgan fingerprint density at radius 2 is 1.68 bits per heavy atom. The molecule has 4 rings (SSSR count). The van der Waals surface area contributed by atoms with Crippen molar-refractivity contribution in [1.29, 1.82) is 0 Å². The summed E-state index contributed by atoms with van der Waals surface area (Å²) in [4.78, 5) is 27.7. The summed E-state index contributed by atoms with van der Waals surface area (Å²) in [6, 6.07) is 0. The van der Waals surface area contributed by atoms with E-state index in [2.05, 4.69) is 0 Å². The monoisotopic (exact) mass is 389 g/mol. The van der Waals surface area contributed by atoms with Crippen molar-refractivity contribution in [2.75, 3.05) is 13.1 Å². The fourth-order valence-electron chi connectivity index (χ4n) is 4.47. The number of nitrogens with zero attached hydrogens (tertiary/aromatic N) is 1. The second kappa shape index (κ2) is 6.30. The van der Waals surface area contributed by atoms with Crippen molar-refractivity contribution in [3.8, 4) is 11.5 Å². The number of phenols is 2. The Labute approximate surface area is 161 Å². The van der Waals surface area contributed by atoms with E-state index in [0.29, 0.717) is 13.1 Å². The summed E-state index contributed by atoms with van der Waals surface area (Å²) in [7, 11) is 0. The average Bonchev–Trinajstić information content (AvgIpc) is 2.66. The molecule has 1 saturated heterocycles. The zero-order valence-corrected chi connectivity index (χ0v) is 15.5. The van der Waals surface area contributed by atoms with E-state index in [4.69, 9.17) is 0 Å². The minimum absolute atomic E-state index is 0.0416. The molecular formula is C20H23NO7. The maximum Gasteiger partial charge on any atom is 0.213 e. The lowest BCUT2D eigenvalue weighted by Gasteiger charge is -2.40. The lowest BCUT2D eigenvalue weighted by Crippen LogP contribution is -2.48. The Bertz CT molecular complexity index is 912. The van der Waals surface area contributed by atoms with E-state index in [1.807, 2.05) is 0 Å². The number of phenolic OH excluding ortho intramolecular Hbond substituents is 2. The quantitative estimate of drug-likeness (QED) is 0.439. The van der Waals surface area contributed by atoms with Gasteiger partial charge in [-0.15, -0.1) is 0 Å². The van der Waals surface area contributed by atoms with Crippen LogP contribution < -0.4 is 0 Å². The maximum absolute atomic E-state index is 13.1. The third-order valence-electron chi connectivity index (χ3n) is 6.03. The highest BCUT2D eigenvalue weighted by molar-refractivity contribution is 6.26. The van der Waals surface area contributed by atoms with E-state index in [1.54, 1.807) is 4.90 Å². The van der Waals surface area contributed by atoms with Crippen molar-refractivity contribution < 1.29 is 35.1 Å². The number of Topliss-reactive ketones (excluding diaryl/α,β-unsaturated/α-hetero) is 1. The van der Waals surface area contributed by atoms with Crippen LogP contribution in [0.3, 0.4) is 0 Å². The van der Waals surface area contributed by atoms with Gasteiger partial charge >= 0.3 is 0 Å². The van der Waals surface area contributed by atoms with Crippen LogP contribution >= 0.6 is 0 Å². The first kappa shape index (κ1) is 18.9. The highest BCUT2D eigenvalue weighted by atomic mass is 16.4. The summed E-state index contributed by atoms with van der Waals surface area (Å²) >= 11 is 0. The van der Waals surface area contributed by atoms with Crippen LogP contribution in [-0.2, 0) is 6.42 Å². The van der Waals surface area contributed by atoms with E-state index in [-0.39, 0.29) is 34.4 Å². The molecule has 0 saturated carbocycles. The number of likely N-dealkylation sites (tertiary alicyclic amines) is 1. The van der Waals surface area contributed by atoms with E-state index in [9.17, 15) is 35.1 Å². The molecule has 1 heterocycles. The van der Waals surface area contributed by atoms with Crippen LogP contribution in [0.4, 0.5) is 0 Å². The minimum atomic E-state index is -1.78. The number of aliphatic hydroxyl groups is 3. The van der Waals surface area contributed by atoms with Crippen molar-refractivity contribution in [3.63, 3.8) is 0 Å². The normalized spacial score (nSPS) is 30.0. The van der Waals surface area contributed by atoms with Crippen LogP contribution in [0.5, 0.6) is 11.5 Å². The molecule has 3 aliphatic rings. The van der Waals surface area contributed by atoms with Gasteiger partial charge in [0.2, 0.25) is 5.78 Å². The first-order valence-corrected chi connectivity index (χ1v) is 9.40. The van der Waals surface area contributed by atoms with Crippen molar-refractivity contribution >= 4 is 11.6 Å². The molecule has 28 heavy (non-hydrogen) atoms. The number of fused-ring (bicyclic) bond motifs is 2. The first-order valence-electron chi connectivity index (χ1n) is 9.40. The van der Waals surface area contributed by atoms with Gasteiger partial charge in [0.05, 0.1) is 22.4 Å². The highest BCUT2D eigenvalue weighted by Gasteiger charge is 2.48. The van der Waals surface area contributed by atoms with Crippen molar-refractivity contribution in [3.05, 3.63) is 34.0 Å². The fraction of sp³-hybridized carbons (Fsp3) is 0.500. The molecule has 0 amide bonds. The van der Waals surface area contributed by atoms with Crippen LogP contribution in [-0.4, -0.2) is 66.8 Å². The van der Waals surface area contributed by atoms with Crippen LogP contribution in [0.15, 0.2) is 11.8 Å². The molecule has 5 N–H and O–H groups in total. The first-order chi connectivity index (χ1) is 13.1. The van der Waals surface area contributed by atoms with E-state index < -0.39 is 40.9 Å². The fourth-order valence-corrected chi connectivity index (χ4v) is 4.47. The van der Waals surface area contributed by atoms with E-state index >= 15 is 0 Å². The number of benzene rings is 1. The van der Waals surface area contributed by atoms with Gasteiger partial charge in [0.15, 0.2) is 5.78 Å². The molecule has 0 bridgehead atoms. The number of rotatable bonds is 1. The number of aliphatic hydroxyl groups excluding tert-OH is 2. The number of carbonyl (C=O) groups excluding carboxylic acids is 2. The van der Waals surface area contributed by atoms with E-state index in [1.165, 1.54) is 6.92 Å². The summed E-state index contributed by atoms with van der Waals surface area (Å²) in [5.41, 5.74) is -2.57. The molecule has 8 nitrogen and oxygen atoms in total. The molecule has 150 valence electrons. The van der Waals surface area contributed by atoms with Crippen LogP contribution in [0.1, 0.15) is 64.1 Å². The smallest absolute Gasteiger partial charge is 0.213 e. The van der Waals surface area contributed by atoms with Gasteiger partial charge in [0, 0.05) is 36.7 Å². The number of hydrogen-bond donors (Lipinski definition) is 5. The van der Waals surface area contributed by atoms with Gasteiger partial charge in [0.1, 0.15) is 23.7 Å². The second-order valence-corrected chi connectivity index (χ2v) is 8.03. The zero-order chi connectivity index (χ0) is 20.4. The van der Waals surface area contributed by atoms with E-state index in [0.717, 1.165) is 25.3 Å². The lowest BCUT2D eigenvalue weighted by molar-refractivity contribution is -0.126. The topological polar surface area (TPSA) is 139 Å². The highest BCUT2D eigenvalue weighted by Crippen LogP contribution is 2.49. The summed E-state index contributed by atoms with van der Waals surface area (Å²) in [5.74, 6) is -2.41. The summed E-state index contributed by atoms with van der Waals surface area (Å²) < 4.78 is 0. The van der Waals surface area contributed by atoms with Gasteiger partial charge in [-0.25, -0.2) is 0 Å². The Morgan fingerprint density at radius 1 is 1.04 bits per heavy atom. The molecule has 8 heteroatoms. The molecular weight excluding hydrogens is 366 g/mol. The molecule has 2 aliphatic carbocycles. The van der Waals surface area contributed by atoms with Crippen LogP contribution in [0.25, 0.3) is 0 Å². The van der Waals surface area contributed by atoms with Gasteiger partial charge in [-0.2, -0.15) is 0 Å². The number of piperidine rings is 1. The molecule has 1 aromatic rings. The second-order valence-electron chi connectivity index (χ2n) is 8.03. The summed E-state index contributed by atoms with van der Waals surface area (Å²) in [6.07, 6.45) is 0.334. The van der Waals surface area contributed by atoms with Crippen LogP contribution in [0, 0.1) is 0 Å². The Kier molecular flexibility index (Phi) is 4.26. The maximum atomic E-state index is 13.1. The molecule has 0 spiro atoms. The van der Waals surface area contributed by atoms with Gasteiger partial charge < -0.3 is 30.4 Å². The SMILES string of the molecule is CC1(O)Cc2c(O)c3c(c(O)c2C(O)C1O)C(=O)C=C(N1CCCCC1)C3=O. The van der Waals surface area contributed by atoms with Gasteiger partial charge in [-0.3, -0.25) is 9.59 Å². The zero-order valence-electron chi connectivity index (χ0n) is 15.5. The standard InChI is InChI=1S/C20H23NO7/c1-20(28)8-9-12(18(26)19(20)27)17(25)13-11(22)7-10(16(24)14(13)15(9)23)21-5-3-2-4-6-21/h7,18-19,23,25-28H,2-6,8H2,1H3. The van der Waals surface area contributed by atoms with Gasteiger partial charge in [0.25, 0.3) is 0 Å². The number of carbonyl (C=O) groups is 2. The Morgan fingerprint density at radius 3 is 2.32 bits per heavy atom. The molecule has 0 aromatic heterocycles. The van der Waals surface area contributed by atoms with Gasteiger partial charge in [-0.1, -0.05) is 0 Å². The van der Waals surface area contributed by atoms with Crippen LogP contribution in [0.2, 0.25) is 0 Å². The lowest BCUT2D eigenvalue weighted by atomic mass is 9.73. The largest absolute Gasteiger partial charge is 0.507 e. The average molecular weight is 389 g/mol. The third-order valence-corrected chi connectivity index (χ3v) is 6.03. The number of aromatic hydroxyl groups is 2. The Hall–Kier alpha value is -2.42. The molecule has 1 aliphatic heterocycles. The van der Waals surface area contributed by atoms with Crippen molar-refractivity contribution in [1.82, 2.24) is 4.90 Å². The van der Waals surface area contributed by atoms with Crippen molar-refractivity contribution in [2.45, 2.75) is 50.4 Å². The molecule has 1 fully saturated rings. The predicted molar refractivity (Wildman–Crippen MR) is 97.2 cm³/mol. The molecule has 3 atom stereocenters. The molecule has 3 unspecified atom stereocenters. The number of ketones is 2. The third kappa shape index (κ3) is 2.56. The minimum Gasteiger partial charge on any atom is -0.507 e. The van der Waals surface area contributed by atoms with Gasteiger partial charge in [-0.05, 0) is 26.2 Å². The van der Waals surface area contributed by atoms with Crippen molar-refractivity contribution in [2.24, 2.45) is 0 Å². The predicted octanol–water partition coefficient (Wildman–Crippen LogP) is 0.548. The molecule has 0 radical (unpaired) electrons. The number of hydrogen-bond acceptors (Lipinski definition) is 8.